The Morgan fingerprint density at radius 1 is 0.367 bits per heavy atom. The number of nitriles is 1. The Bertz CT molecular complexity index is 3290. The maximum atomic E-state index is 10.7. The zero-order chi connectivity index (χ0) is 40.6. The number of para-hydroxylation sites is 2. The summed E-state index contributed by atoms with van der Waals surface area (Å²) >= 11 is 0. The Kier molecular flexibility index (Phi) is 8.05. The zero-order valence-electron chi connectivity index (χ0n) is 33.7. The van der Waals surface area contributed by atoms with Crippen molar-refractivity contribution in [1.82, 2.24) is 0 Å². The third-order valence-electron chi connectivity index (χ3n) is 11.7. The molecule has 0 N–H and O–H groups in total. The molecule has 60 heavy (non-hydrogen) atoms. The van der Waals surface area contributed by atoms with E-state index in [0.29, 0.717) is 16.7 Å². The fourth-order valence-corrected chi connectivity index (χ4v) is 9.19. The summed E-state index contributed by atoms with van der Waals surface area (Å²) in [7, 11) is 0. The lowest BCUT2D eigenvalue weighted by molar-refractivity contribution is 0.654. The summed E-state index contributed by atoms with van der Waals surface area (Å²) in [6.45, 7) is 8.55. The van der Waals surface area contributed by atoms with Gasteiger partial charge in [-0.2, -0.15) is 5.26 Å². The zero-order valence-corrected chi connectivity index (χ0v) is 33.7. The quantitative estimate of drug-likeness (QED) is 0.168. The Balaban J connectivity index is 1.04. The summed E-state index contributed by atoms with van der Waals surface area (Å²) in [5.74, 6) is 0. The first-order valence-corrected chi connectivity index (χ1v) is 20.3. The monoisotopic (exact) mass is 773 g/mol. The van der Waals surface area contributed by atoms with Gasteiger partial charge in [-0.3, -0.25) is 0 Å². The first-order valence-electron chi connectivity index (χ1n) is 20.3. The van der Waals surface area contributed by atoms with E-state index in [2.05, 4.69) is 195 Å². The van der Waals surface area contributed by atoms with E-state index in [1.807, 2.05) is 12.1 Å². The van der Waals surface area contributed by atoms with Crippen LogP contribution in [0.15, 0.2) is 173 Å². The molecule has 0 aliphatic carbocycles. The molecular formula is C55H39N3O2. The van der Waals surface area contributed by atoms with Crippen LogP contribution in [0.3, 0.4) is 0 Å². The van der Waals surface area contributed by atoms with Crippen LogP contribution < -0.4 is 9.80 Å². The summed E-state index contributed by atoms with van der Waals surface area (Å²) < 4.78 is 13.2. The van der Waals surface area contributed by atoms with Gasteiger partial charge in [-0.25, -0.2) is 0 Å². The van der Waals surface area contributed by atoms with Gasteiger partial charge in [-0.15, -0.1) is 0 Å². The van der Waals surface area contributed by atoms with Gasteiger partial charge in [-0.05, 0) is 175 Å². The number of fused-ring (bicyclic) bond motifs is 8. The Labute approximate surface area is 347 Å². The molecule has 0 aliphatic rings. The van der Waals surface area contributed by atoms with Crippen LogP contribution >= 0.6 is 0 Å². The average Bonchev–Trinajstić information content (AvgIpc) is 3.78. The normalized spacial score (nSPS) is 11.7. The maximum Gasteiger partial charge on any atom is 0.157 e. The van der Waals surface area contributed by atoms with Crippen molar-refractivity contribution in [2.45, 2.75) is 27.7 Å². The fraction of sp³-hybridized carbons (Fsp3) is 0.0727. The van der Waals surface area contributed by atoms with E-state index in [0.717, 1.165) is 88.4 Å². The van der Waals surface area contributed by atoms with Gasteiger partial charge in [0.1, 0.15) is 22.8 Å². The third kappa shape index (κ3) is 5.84. The van der Waals surface area contributed by atoms with E-state index in [4.69, 9.17) is 8.83 Å². The molecule has 0 saturated heterocycles. The van der Waals surface area contributed by atoms with Crippen molar-refractivity contribution in [1.29, 1.82) is 5.26 Å². The van der Waals surface area contributed by atoms with Gasteiger partial charge < -0.3 is 18.6 Å². The summed E-state index contributed by atoms with van der Waals surface area (Å²) in [4.78, 5) is 4.59. The smallest absolute Gasteiger partial charge is 0.157 e. The highest BCUT2D eigenvalue weighted by Gasteiger charge is 2.22. The Morgan fingerprint density at radius 3 is 1.18 bits per heavy atom. The number of hydrogen-bond donors (Lipinski definition) is 0. The molecule has 0 amide bonds. The summed E-state index contributed by atoms with van der Waals surface area (Å²) in [6, 6.07) is 60.5. The number of aryl methyl sites for hydroxylation is 4. The van der Waals surface area contributed by atoms with E-state index >= 15 is 0 Å². The van der Waals surface area contributed by atoms with Gasteiger partial charge in [0.25, 0.3) is 0 Å². The van der Waals surface area contributed by atoms with Crippen LogP contribution in [0.1, 0.15) is 27.8 Å². The average molecular weight is 774 g/mol. The van der Waals surface area contributed by atoms with Crippen molar-refractivity contribution < 1.29 is 8.83 Å². The molecule has 0 unspecified atom stereocenters. The molecule has 0 atom stereocenters. The highest BCUT2D eigenvalue weighted by molar-refractivity contribution is 6.20. The van der Waals surface area contributed by atoms with Crippen LogP contribution in [0, 0.1) is 39.0 Å². The molecule has 0 saturated carbocycles. The second-order valence-corrected chi connectivity index (χ2v) is 16.1. The lowest BCUT2D eigenvalue weighted by Gasteiger charge is -2.26. The van der Waals surface area contributed by atoms with E-state index in [1.54, 1.807) is 0 Å². The molecule has 2 aromatic heterocycles. The molecule has 286 valence electrons. The minimum absolute atomic E-state index is 0.402. The predicted molar refractivity (Wildman–Crippen MR) is 249 cm³/mol. The molecule has 0 radical (unpaired) electrons. The number of rotatable bonds is 6. The molecule has 5 heteroatoms. The van der Waals surface area contributed by atoms with Crippen LogP contribution in [0.25, 0.3) is 65.4 Å². The van der Waals surface area contributed by atoms with Gasteiger partial charge in [0.2, 0.25) is 0 Å². The van der Waals surface area contributed by atoms with Crippen LogP contribution in [-0.2, 0) is 0 Å². The topological polar surface area (TPSA) is 56.6 Å². The van der Waals surface area contributed by atoms with Gasteiger partial charge in [-0.1, -0.05) is 60.7 Å². The Morgan fingerprint density at radius 2 is 0.783 bits per heavy atom. The SMILES string of the molecule is Cc1cc(C)cc(N(c2ccccc2)c2ccc3cc4c(cc3c2)oc2c(C#N)c3oc5cc6cc(N(c7ccccc7)c7cc(C)cc(C)c7)ccc6cc5c3cc24)c1. The van der Waals surface area contributed by atoms with Gasteiger partial charge in [0, 0.05) is 55.7 Å². The first kappa shape index (κ1) is 35.4. The van der Waals surface area contributed by atoms with Gasteiger partial charge >= 0.3 is 0 Å². The number of nitrogens with zero attached hydrogens (tertiary/aromatic N) is 3. The van der Waals surface area contributed by atoms with Crippen LogP contribution in [0.4, 0.5) is 34.1 Å². The second kappa shape index (κ2) is 13.7. The minimum Gasteiger partial charge on any atom is -0.454 e. The number of benzene rings is 9. The molecule has 0 bridgehead atoms. The summed E-state index contributed by atoms with van der Waals surface area (Å²) in [5.41, 5.74) is 14.3. The standard InChI is InChI=1S/C55H39N3O2/c1-33-19-34(2)22-45(21-33)57(41-11-7-5-8-12-41)43-17-15-37-27-47-49-31-50-48-28-38-16-18-44(58(42-13-9-6-10-14-42)46-23-35(3)20-36(4)24-46)26-40(38)30-53(48)60-55(50)51(32-56)54(49)59-52(47)29-39(37)25-43/h5-31H,1-4H3. The molecule has 11 aromatic rings. The highest BCUT2D eigenvalue weighted by atomic mass is 16.3. The first-order chi connectivity index (χ1) is 29.3. The summed E-state index contributed by atoms with van der Waals surface area (Å²) in [5, 5.41) is 18.7. The van der Waals surface area contributed by atoms with E-state index < -0.39 is 0 Å². The molecular weight excluding hydrogens is 735 g/mol. The van der Waals surface area contributed by atoms with Crippen molar-refractivity contribution in [3.8, 4) is 6.07 Å². The molecule has 0 spiro atoms. The van der Waals surface area contributed by atoms with Crippen LogP contribution in [-0.4, -0.2) is 0 Å². The van der Waals surface area contributed by atoms with Crippen molar-refractivity contribution in [3.05, 3.63) is 192 Å². The molecule has 5 nitrogen and oxygen atoms in total. The molecule has 0 fully saturated rings. The molecule has 11 rings (SSSR count). The largest absolute Gasteiger partial charge is 0.454 e. The van der Waals surface area contributed by atoms with Gasteiger partial charge in [0.15, 0.2) is 11.2 Å². The Hall–Kier alpha value is -7.81. The van der Waals surface area contributed by atoms with Crippen LogP contribution in [0.5, 0.6) is 0 Å². The van der Waals surface area contributed by atoms with Crippen molar-refractivity contribution >= 4 is 99.5 Å². The van der Waals surface area contributed by atoms with E-state index in [-0.39, 0.29) is 0 Å². The van der Waals surface area contributed by atoms with Crippen molar-refractivity contribution in [3.63, 3.8) is 0 Å². The molecule has 9 aromatic carbocycles. The molecule has 2 heterocycles. The third-order valence-corrected chi connectivity index (χ3v) is 11.7. The van der Waals surface area contributed by atoms with E-state index in [9.17, 15) is 5.26 Å². The van der Waals surface area contributed by atoms with E-state index in [1.165, 1.54) is 22.3 Å². The fourth-order valence-electron chi connectivity index (χ4n) is 9.19. The van der Waals surface area contributed by atoms with Gasteiger partial charge in [0.05, 0.1) is 0 Å². The minimum atomic E-state index is 0.402. The summed E-state index contributed by atoms with van der Waals surface area (Å²) in [6.07, 6.45) is 0. The lowest BCUT2D eigenvalue weighted by Crippen LogP contribution is -2.10. The number of hydrogen-bond acceptors (Lipinski definition) is 5. The maximum absolute atomic E-state index is 10.7. The number of furan rings is 2. The van der Waals surface area contributed by atoms with Crippen LogP contribution in [0.2, 0.25) is 0 Å². The predicted octanol–water partition coefficient (Wildman–Crippen LogP) is 15.8. The highest BCUT2D eigenvalue weighted by Crippen LogP contribution is 2.44. The lowest BCUT2D eigenvalue weighted by atomic mass is 10.0. The van der Waals surface area contributed by atoms with Crippen molar-refractivity contribution in [2.75, 3.05) is 9.80 Å². The number of anilines is 6. The second-order valence-electron chi connectivity index (χ2n) is 16.1. The van der Waals surface area contributed by atoms with Crippen molar-refractivity contribution in [2.24, 2.45) is 0 Å². The molecule has 0 aliphatic heterocycles.